The molecule has 0 aromatic heterocycles. The van der Waals surface area contributed by atoms with Crippen LogP contribution in [-0.2, 0) is 0 Å². The molecule has 13 heavy (non-hydrogen) atoms. The zero-order valence-electron chi connectivity index (χ0n) is 7.67. The minimum atomic E-state index is -0.105. The summed E-state index contributed by atoms with van der Waals surface area (Å²) in [6.45, 7) is 0. The van der Waals surface area contributed by atoms with Crippen molar-refractivity contribution >= 4 is 0 Å². The van der Waals surface area contributed by atoms with Gasteiger partial charge < -0.3 is 0 Å². The van der Waals surface area contributed by atoms with Crippen LogP contribution in [-0.4, -0.2) is 0 Å². The molecular weight excluding hydrogens is 163 g/mol. The third-order valence-electron chi connectivity index (χ3n) is 2.76. The molecule has 1 radical (unpaired) electrons. The number of hydrogen-bond donors (Lipinski definition) is 0. The summed E-state index contributed by atoms with van der Waals surface area (Å²) in [5, 5.41) is 0. The Labute approximate surface area is 78.8 Å². The van der Waals surface area contributed by atoms with E-state index in [1.54, 1.807) is 6.07 Å². The summed E-state index contributed by atoms with van der Waals surface area (Å²) in [5.41, 5.74) is 1.17. The van der Waals surface area contributed by atoms with Gasteiger partial charge in [-0.15, -0.1) is 0 Å². The van der Waals surface area contributed by atoms with Crippen molar-refractivity contribution in [3.8, 4) is 0 Å². The van der Waals surface area contributed by atoms with E-state index in [1.807, 2.05) is 12.1 Å². The number of halogens is 1. The van der Waals surface area contributed by atoms with Crippen molar-refractivity contribution in [3.05, 3.63) is 42.1 Å². The highest BCUT2D eigenvalue weighted by atomic mass is 19.1. The van der Waals surface area contributed by atoms with E-state index in [4.69, 9.17) is 0 Å². The highest BCUT2D eigenvalue weighted by molar-refractivity contribution is 5.21. The maximum atomic E-state index is 12.9. The van der Waals surface area contributed by atoms with Gasteiger partial charge in [-0.25, -0.2) is 4.39 Å². The van der Waals surface area contributed by atoms with E-state index in [0.29, 0.717) is 5.92 Å². The SMILES string of the molecule is Fc1cccc(C2CC[CH]CC2)c1. The van der Waals surface area contributed by atoms with E-state index in [-0.39, 0.29) is 5.82 Å². The van der Waals surface area contributed by atoms with E-state index in [0.717, 1.165) is 0 Å². The Hall–Kier alpha value is -0.850. The van der Waals surface area contributed by atoms with E-state index in [2.05, 4.69) is 6.42 Å². The van der Waals surface area contributed by atoms with Gasteiger partial charge in [0.2, 0.25) is 0 Å². The Balaban J connectivity index is 2.14. The average molecular weight is 177 g/mol. The molecule has 2 rings (SSSR count). The Morgan fingerprint density at radius 3 is 2.62 bits per heavy atom. The smallest absolute Gasteiger partial charge is 0.123 e. The van der Waals surface area contributed by atoms with Crippen molar-refractivity contribution in [2.75, 3.05) is 0 Å². The lowest BCUT2D eigenvalue weighted by Crippen LogP contribution is -2.04. The maximum absolute atomic E-state index is 12.9. The van der Waals surface area contributed by atoms with Crippen LogP contribution in [0, 0.1) is 12.2 Å². The number of rotatable bonds is 1. The normalized spacial score (nSPS) is 18.8. The molecule has 1 aliphatic rings. The zero-order valence-corrected chi connectivity index (χ0v) is 7.67. The fraction of sp³-hybridized carbons (Fsp3) is 0.417. The van der Waals surface area contributed by atoms with Gasteiger partial charge >= 0.3 is 0 Å². The monoisotopic (exact) mass is 177 g/mol. The standard InChI is InChI=1S/C12H14F/c13-12-8-4-7-11(9-12)10-5-2-1-3-6-10/h1,4,7-10H,2-3,5-6H2. The summed E-state index contributed by atoms with van der Waals surface area (Å²) in [6.07, 6.45) is 7.06. The van der Waals surface area contributed by atoms with Gasteiger partial charge in [0.15, 0.2) is 0 Å². The third-order valence-corrected chi connectivity index (χ3v) is 2.76. The summed E-state index contributed by atoms with van der Waals surface area (Å²) in [6, 6.07) is 7.04. The minimum Gasteiger partial charge on any atom is -0.207 e. The summed E-state index contributed by atoms with van der Waals surface area (Å²) < 4.78 is 12.9. The van der Waals surface area contributed by atoms with Crippen LogP contribution in [0.4, 0.5) is 4.39 Å². The Kier molecular flexibility index (Phi) is 2.62. The van der Waals surface area contributed by atoms with E-state index >= 15 is 0 Å². The van der Waals surface area contributed by atoms with Crippen LogP contribution in [0.3, 0.4) is 0 Å². The van der Waals surface area contributed by atoms with Gasteiger partial charge in [0, 0.05) is 0 Å². The Morgan fingerprint density at radius 2 is 1.92 bits per heavy atom. The second-order valence-electron chi connectivity index (χ2n) is 3.70. The molecule has 0 nitrogen and oxygen atoms in total. The van der Waals surface area contributed by atoms with Crippen LogP contribution in [0.2, 0.25) is 0 Å². The highest BCUT2D eigenvalue weighted by Crippen LogP contribution is 2.32. The number of hydrogen-bond acceptors (Lipinski definition) is 0. The van der Waals surface area contributed by atoms with E-state index in [9.17, 15) is 4.39 Å². The molecule has 0 N–H and O–H groups in total. The van der Waals surface area contributed by atoms with Crippen LogP contribution >= 0.6 is 0 Å². The lowest BCUT2D eigenvalue weighted by atomic mass is 9.84. The van der Waals surface area contributed by atoms with Crippen molar-refractivity contribution in [3.63, 3.8) is 0 Å². The lowest BCUT2D eigenvalue weighted by molar-refractivity contribution is 0.508. The first-order chi connectivity index (χ1) is 6.36. The third kappa shape index (κ3) is 2.09. The summed E-state index contributed by atoms with van der Waals surface area (Å²) in [4.78, 5) is 0. The molecule has 1 heteroatoms. The molecule has 0 amide bonds. The number of benzene rings is 1. The van der Waals surface area contributed by atoms with Crippen molar-refractivity contribution in [1.82, 2.24) is 0 Å². The summed E-state index contributed by atoms with van der Waals surface area (Å²) >= 11 is 0. The van der Waals surface area contributed by atoms with Gasteiger partial charge in [-0.1, -0.05) is 12.1 Å². The first-order valence-corrected chi connectivity index (χ1v) is 4.93. The van der Waals surface area contributed by atoms with E-state index < -0.39 is 0 Å². The van der Waals surface area contributed by atoms with Crippen molar-refractivity contribution < 1.29 is 4.39 Å². The molecule has 0 spiro atoms. The molecule has 1 saturated carbocycles. The fourth-order valence-corrected chi connectivity index (χ4v) is 2.02. The Morgan fingerprint density at radius 1 is 1.15 bits per heavy atom. The quantitative estimate of drug-likeness (QED) is 0.613. The van der Waals surface area contributed by atoms with Crippen LogP contribution < -0.4 is 0 Å². The summed E-state index contributed by atoms with van der Waals surface area (Å²) in [7, 11) is 0. The van der Waals surface area contributed by atoms with Gasteiger partial charge in [-0.3, -0.25) is 0 Å². The molecule has 1 aromatic rings. The molecule has 0 atom stereocenters. The predicted molar refractivity (Wildman–Crippen MR) is 51.9 cm³/mol. The van der Waals surface area contributed by atoms with Crippen LogP contribution in [0.15, 0.2) is 24.3 Å². The van der Waals surface area contributed by atoms with Crippen molar-refractivity contribution in [2.45, 2.75) is 31.6 Å². The zero-order chi connectivity index (χ0) is 9.10. The van der Waals surface area contributed by atoms with Crippen molar-refractivity contribution in [1.29, 1.82) is 0 Å². The largest absolute Gasteiger partial charge is 0.207 e. The summed E-state index contributed by atoms with van der Waals surface area (Å²) in [5.74, 6) is 0.479. The average Bonchev–Trinajstić information content (AvgIpc) is 2.19. The predicted octanol–water partition coefficient (Wildman–Crippen LogP) is 3.69. The molecule has 69 valence electrons. The molecule has 0 saturated heterocycles. The first-order valence-electron chi connectivity index (χ1n) is 4.93. The molecule has 0 bridgehead atoms. The van der Waals surface area contributed by atoms with Gasteiger partial charge in [0.1, 0.15) is 5.82 Å². The molecule has 0 heterocycles. The fourth-order valence-electron chi connectivity index (χ4n) is 2.02. The Bertz CT molecular complexity index is 274. The van der Waals surface area contributed by atoms with Gasteiger partial charge in [0.25, 0.3) is 0 Å². The van der Waals surface area contributed by atoms with Gasteiger partial charge in [-0.2, -0.15) is 0 Å². The molecule has 1 fully saturated rings. The topological polar surface area (TPSA) is 0 Å². The molecule has 1 aliphatic carbocycles. The lowest BCUT2D eigenvalue weighted by Gasteiger charge is -2.21. The van der Waals surface area contributed by atoms with Gasteiger partial charge in [-0.05, 0) is 55.7 Å². The second-order valence-corrected chi connectivity index (χ2v) is 3.70. The molecule has 1 aromatic carbocycles. The van der Waals surface area contributed by atoms with Crippen LogP contribution in [0.1, 0.15) is 37.2 Å². The van der Waals surface area contributed by atoms with Crippen molar-refractivity contribution in [2.24, 2.45) is 0 Å². The minimum absolute atomic E-state index is 0.105. The van der Waals surface area contributed by atoms with E-state index in [1.165, 1.54) is 37.3 Å². The molecule has 0 aliphatic heterocycles. The molecule has 0 unspecified atom stereocenters. The van der Waals surface area contributed by atoms with Crippen LogP contribution in [0.5, 0.6) is 0 Å². The first kappa shape index (κ1) is 8.74. The van der Waals surface area contributed by atoms with Crippen LogP contribution in [0.25, 0.3) is 0 Å². The highest BCUT2D eigenvalue weighted by Gasteiger charge is 2.15. The second kappa shape index (κ2) is 3.91. The maximum Gasteiger partial charge on any atom is 0.123 e. The van der Waals surface area contributed by atoms with Gasteiger partial charge in [0.05, 0.1) is 0 Å². The molecular formula is C12H14F.